The molecule has 0 bridgehead atoms. The summed E-state index contributed by atoms with van der Waals surface area (Å²) in [5.74, 6) is 0. The molecule has 158 valence electrons. The highest BCUT2D eigenvalue weighted by Crippen LogP contribution is 2.41. The van der Waals surface area contributed by atoms with E-state index in [-0.39, 0.29) is 0 Å². The molecule has 5 heteroatoms. The number of aromatic nitrogens is 5. The summed E-state index contributed by atoms with van der Waals surface area (Å²) in [4.78, 5) is 14.2. The van der Waals surface area contributed by atoms with Crippen molar-refractivity contribution in [2.45, 2.75) is 0 Å². The molecule has 0 N–H and O–H groups in total. The third kappa shape index (κ3) is 2.16. The SMILES string of the molecule is c1ccc(-n2c3ccccc3c3c4c(ccc32)c2nc3cnccc3n2c2cccnc42)cc1. The van der Waals surface area contributed by atoms with E-state index in [9.17, 15) is 0 Å². The highest BCUT2D eigenvalue weighted by Gasteiger charge is 2.20. The third-order valence-corrected chi connectivity index (χ3v) is 6.81. The number of hydrogen-bond acceptors (Lipinski definition) is 3. The van der Waals surface area contributed by atoms with E-state index >= 15 is 0 Å². The molecule has 0 aliphatic carbocycles. The first kappa shape index (κ1) is 17.7. The molecule has 5 aromatic heterocycles. The van der Waals surface area contributed by atoms with Crippen LogP contribution in [-0.4, -0.2) is 23.9 Å². The highest BCUT2D eigenvalue weighted by molar-refractivity contribution is 6.29. The summed E-state index contributed by atoms with van der Waals surface area (Å²) in [6, 6.07) is 29.7. The number of pyridine rings is 3. The minimum Gasteiger partial charge on any atom is -0.309 e. The Kier molecular flexibility index (Phi) is 3.34. The zero-order chi connectivity index (χ0) is 22.2. The Balaban J connectivity index is 1.70. The van der Waals surface area contributed by atoms with Crippen LogP contribution in [0.3, 0.4) is 0 Å². The zero-order valence-corrected chi connectivity index (χ0v) is 18.1. The predicted octanol–water partition coefficient (Wildman–Crippen LogP) is 6.68. The zero-order valence-electron chi connectivity index (χ0n) is 18.1. The van der Waals surface area contributed by atoms with Gasteiger partial charge in [-0.1, -0.05) is 36.4 Å². The topological polar surface area (TPSA) is 48.0 Å². The molecule has 0 amide bonds. The summed E-state index contributed by atoms with van der Waals surface area (Å²) in [6.45, 7) is 0. The van der Waals surface area contributed by atoms with Gasteiger partial charge in [0.1, 0.15) is 11.2 Å². The maximum absolute atomic E-state index is 5.01. The molecule has 0 aliphatic rings. The van der Waals surface area contributed by atoms with Crippen LogP contribution in [0, 0.1) is 0 Å². The molecule has 0 radical (unpaired) electrons. The van der Waals surface area contributed by atoms with Gasteiger partial charge in [-0.25, -0.2) is 4.98 Å². The van der Waals surface area contributed by atoms with Gasteiger partial charge in [-0.15, -0.1) is 0 Å². The van der Waals surface area contributed by atoms with Gasteiger partial charge in [-0.2, -0.15) is 0 Å². The normalized spacial score (nSPS) is 12.1. The van der Waals surface area contributed by atoms with Crippen molar-refractivity contribution >= 4 is 60.3 Å². The Hall–Kier alpha value is -4.77. The first-order chi connectivity index (χ1) is 16.9. The number of imidazole rings is 1. The highest BCUT2D eigenvalue weighted by atomic mass is 15.0. The molecule has 0 saturated carbocycles. The average molecular weight is 435 g/mol. The first-order valence-electron chi connectivity index (χ1n) is 11.3. The van der Waals surface area contributed by atoms with Gasteiger partial charge < -0.3 is 4.57 Å². The lowest BCUT2D eigenvalue weighted by Crippen LogP contribution is -1.95. The number of hydrogen-bond donors (Lipinski definition) is 0. The van der Waals surface area contributed by atoms with Crippen molar-refractivity contribution in [2.75, 3.05) is 0 Å². The summed E-state index contributed by atoms with van der Waals surface area (Å²) < 4.78 is 4.55. The van der Waals surface area contributed by atoms with Crippen LogP contribution in [0.2, 0.25) is 0 Å². The third-order valence-electron chi connectivity index (χ3n) is 6.81. The van der Waals surface area contributed by atoms with Gasteiger partial charge in [0, 0.05) is 39.6 Å². The minimum absolute atomic E-state index is 0.881. The second kappa shape index (κ2) is 6.39. The van der Waals surface area contributed by atoms with Crippen LogP contribution in [0.25, 0.3) is 66.0 Å². The van der Waals surface area contributed by atoms with Crippen molar-refractivity contribution in [3.63, 3.8) is 0 Å². The fraction of sp³-hybridized carbons (Fsp3) is 0. The number of fused-ring (bicyclic) bond motifs is 12. The van der Waals surface area contributed by atoms with Crippen molar-refractivity contribution in [2.24, 2.45) is 0 Å². The van der Waals surface area contributed by atoms with Crippen LogP contribution in [-0.2, 0) is 0 Å². The van der Waals surface area contributed by atoms with E-state index in [1.165, 1.54) is 16.3 Å². The maximum atomic E-state index is 5.01. The number of benzene rings is 3. The van der Waals surface area contributed by atoms with Crippen molar-refractivity contribution < 1.29 is 0 Å². The second-order valence-electron chi connectivity index (χ2n) is 8.58. The van der Waals surface area contributed by atoms with Crippen LogP contribution < -0.4 is 0 Å². The van der Waals surface area contributed by atoms with E-state index in [0.29, 0.717) is 0 Å². The van der Waals surface area contributed by atoms with Gasteiger partial charge in [0.05, 0.1) is 33.8 Å². The lowest BCUT2D eigenvalue weighted by atomic mass is 10.0. The van der Waals surface area contributed by atoms with E-state index < -0.39 is 0 Å². The Labute approximate surface area is 193 Å². The van der Waals surface area contributed by atoms with Crippen molar-refractivity contribution in [1.82, 2.24) is 23.9 Å². The summed E-state index contributed by atoms with van der Waals surface area (Å²) in [7, 11) is 0. The molecule has 5 heterocycles. The smallest absolute Gasteiger partial charge is 0.146 e. The molecule has 0 saturated heterocycles. The quantitative estimate of drug-likeness (QED) is 0.270. The fourth-order valence-electron chi connectivity index (χ4n) is 5.47. The number of nitrogens with zero attached hydrogens (tertiary/aromatic N) is 5. The van der Waals surface area contributed by atoms with Crippen LogP contribution in [0.1, 0.15) is 0 Å². The Morgan fingerprint density at radius 1 is 0.588 bits per heavy atom. The molecule has 8 aromatic rings. The van der Waals surface area contributed by atoms with Gasteiger partial charge in [-0.05, 0) is 48.5 Å². The molecule has 0 aliphatic heterocycles. The first-order valence-corrected chi connectivity index (χ1v) is 11.3. The second-order valence-corrected chi connectivity index (χ2v) is 8.58. The van der Waals surface area contributed by atoms with E-state index in [1.54, 1.807) is 0 Å². The summed E-state index contributed by atoms with van der Waals surface area (Å²) >= 11 is 0. The molecule has 0 spiro atoms. The lowest BCUT2D eigenvalue weighted by molar-refractivity contribution is 1.18. The van der Waals surface area contributed by atoms with Crippen LogP contribution in [0.5, 0.6) is 0 Å². The van der Waals surface area contributed by atoms with Crippen molar-refractivity contribution in [1.29, 1.82) is 0 Å². The molecule has 5 nitrogen and oxygen atoms in total. The van der Waals surface area contributed by atoms with E-state index in [0.717, 1.165) is 49.7 Å². The molecule has 0 atom stereocenters. The van der Waals surface area contributed by atoms with Crippen LogP contribution in [0.15, 0.2) is 104 Å². The van der Waals surface area contributed by atoms with Crippen LogP contribution >= 0.6 is 0 Å². The van der Waals surface area contributed by atoms with Gasteiger partial charge in [0.15, 0.2) is 0 Å². The largest absolute Gasteiger partial charge is 0.309 e. The summed E-state index contributed by atoms with van der Waals surface area (Å²) in [5.41, 5.74) is 8.35. The Bertz CT molecular complexity index is 2070. The maximum Gasteiger partial charge on any atom is 0.146 e. The molecule has 8 rings (SSSR count). The summed E-state index contributed by atoms with van der Waals surface area (Å²) in [6.07, 6.45) is 5.53. The monoisotopic (exact) mass is 435 g/mol. The standard InChI is InChI=1S/C29H17N5/c1-2-7-18(8-3-1)33-22-10-5-4-9-19(22)26-24(33)13-12-20-27(26)28-25(11-6-15-31-28)34-23-14-16-30-17-21(23)32-29(20)34/h1-17H. The Morgan fingerprint density at radius 2 is 1.44 bits per heavy atom. The predicted molar refractivity (Wildman–Crippen MR) is 138 cm³/mol. The van der Waals surface area contributed by atoms with E-state index in [2.05, 4.69) is 86.7 Å². The molecule has 3 aromatic carbocycles. The fourth-order valence-corrected chi connectivity index (χ4v) is 5.47. The van der Waals surface area contributed by atoms with Gasteiger partial charge in [0.25, 0.3) is 0 Å². The minimum atomic E-state index is 0.881. The van der Waals surface area contributed by atoms with E-state index in [4.69, 9.17) is 9.97 Å². The molecular weight excluding hydrogens is 418 g/mol. The average Bonchev–Trinajstić information content (AvgIpc) is 3.45. The van der Waals surface area contributed by atoms with Gasteiger partial charge in [0.2, 0.25) is 0 Å². The lowest BCUT2D eigenvalue weighted by Gasteiger charge is -2.11. The summed E-state index contributed by atoms with van der Waals surface area (Å²) in [5, 5.41) is 4.63. The van der Waals surface area contributed by atoms with Crippen molar-refractivity contribution in [3.05, 3.63) is 104 Å². The number of para-hydroxylation sites is 2. The van der Waals surface area contributed by atoms with Crippen LogP contribution in [0.4, 0.5) is 0 Å². The Morgan fingerprint density at radius 3 is 2.38 bits per heavy atom. The van der Waals surface area contributed by atoms with E-state index in [1.807, 2.05) is 30.7 Å². The molecular formula is C29H17N5. The molecule has 34 heavy (non-hydrogen) atoms. The van der Waals surface area contributed by atoms with Gasteiger partial charge in [-0.3, -0.25) is 14.4 Å². The van der Waals surface area contributed by atoms with Crippen molar-refractivity contribution in [3.8, 4) is 5.69 Å². The number of rotatable bonds is 1. The molecule has 0 fully saturated rings. The van der Waals surface area contributed by atoms with Gasteiger partial charge >= 0.3 is 0 Å². The molecule has 0 unspecified atom stereocenters.